The van der Waals surface area contributed by atoms with Gasteiger partial charge in [0, 0.05) is 44.9 Å². The monoisotopic (exact) mass is 341 g/mol. The van der Waals surface area contributed by atoms with Gasteiger partial charge in [0.15, 0.2) is 5.69 Å². The number of rotatable bonds is 3. The molecule has 0 unspecified atom stereocenters. The van der Waals surface area contributed by atoms with Gasteiger partial charge in [0.2, 0.25) is 0 Å². The minimum absolute atomic E-state index is 0.0103. The topological polar surface area (TPSA) is 84.5 Å². The summed E-state index contributed by atoms with van der Waals surface area (Å²) in [7, 11) is 1.79. The summed E-state index contributed by atoms with van der Waals surface area (Å²) in [4.78, 5) is 28.8. The molecule has 2 aromatic heterocycles. The van der Waals surface area contributed by atoms with E-state index in [4.69, 9.17) is 4.52 Å². The molecule has 2 aromatic rings. The normalized spacial score (nSPS) is 21.2. The van der Waals surface area contributed by atoms with Crippen molar-refractivity contribution in [2.75, 3.05) is 19.6 Å². The average molecular weight is 341 g/mol. The van der Waals surface area contributed by atoms with Gasteiger partial charge in [-0.05, 0) is 19.3 Å². The van der Waals surface area contributed by atoms with Crippen LogP contribution in [-0.4, -0.2) is 61.7 Å². The van der Waals surface area contributed by atoms with E-state index in [1.165, 1.54) is 0 Å². The maximum absolute atomic E-state index is 12.6. The van der Waals surface area contributed by atoms with Gasteiger partial charge in [-0.2, -0.15) is 5.10 Å². The molecule has 0 aromatic carbocycles. The number of hydrogen-bond acceptors (Lipinski definition) is 5. The number of aryl methyl sites for hydroxylation is 1. The second kappa shape index (κ2) is 4.93. The first kappa shape index (κ1) is 14.7. The number of nitrogens with zero attached hydrogens (tertiary/aromatic N) is 5. The number of hydrogen-bond donors (Lipinski definition) is 0. The molecule has 1 aliphatic carbocycles. The standard InChI is InChI=1S/C17H19N5O3/c1-20-8-12(7-18-20)15(23)22-5-4-17(22)9-21(10-17)16(24)13-6-14(25-19-13)11-2-3-11/h6-8,11H,2-5,9-10H2,1H3. The van der Waals surface area contributed by atoms with Crippen LogP contribution in [0.3, 0.4) is 0 Å². The van der Waals surface area contributed by atoms with Crippen LogP contribution in [0, 0.1) is 0 Å². The number of likely N-dealkylation sites (tertiary alicyclic amines) is 2. The third-order valence-electron chi connectivity index (χ3n) is 5.56. The Morgan fingerprint density at radius 2 is 2.08 bits per heavy atom. The highest BCUT2D eigenvalue weighted by atomic mass is 16.5. The van der Waals surface area contributed by atoms with E-state index in [1.54, 1.807) is 35.1 Å². The average Bonchev–Trinajstić information content (AvgIpc) is 3.08. The van der Waals surface area contributed by atoms with Gasteiger partial charge in [-0.25, -0.2) is 0 Å². The van der Waals surface area contributed by atoms with Crippen molar-refractivity contribution in [1.29, 1.82) is 0 Å². The Morgan fingerprint density at radius 3 is 2.68 bits per heavy atom. The quantitative estimate of drug-likeness (QED) is 0.832. The van der Waals surface area contributed by atoms with Gasteiger partial charge >= 0.3 is 0 Å². The van der Waals surface area contributed by atoms with Gasteiger partial charge in [0.1, 0.15) is 5.76 Å². The Balaban J connectivity index is 1.25. The van der Waals surface area contributed by atoms with Crippen LogP contribution in [0.25, 0.3) is 0 Å². The zero-order valence-corrected chi connectivity index (χ0v) is 14.0. The third-order valence-corrected chi connectivity index (χ3v) is 5.56. The fraction of sp³-hybridized carbons (Fsp3) is 0.529. The van der Waals surface area contributed by atoms with E-state index < -0.39 is 0 Å². The van der Waals surface area contributed by atoms with Crippen LogP contribution in [0.5, 0.6) is 0 Å². The van der Waals surface area contributed by atoms with Crippen molar-refractivity contribution >= 4 is 11.8 Å². The SMILES string of the molecule is Cn1cc(C(=O)N2CCC23CN(C(=O)c2cc(C4CC4)on2)C3)cn1. The number of aromatic nitrogens is 3. The minimum atomic E-state index is -0.217. The lowest BCUT2D eigenvalue weighted by molar-refractivity contribution is -0.0850. The second-order valence-corrected chi connectivity index (χ2v) is 7.38. The van der Waals surface area contributed by atoms with Crippen LogP contribution in [0.4, 0.5) is 0 Å². The molecule has 0 N–H and O–H groups in total. The molecule has 0 bridgehead atoms. The maximum atomic E-state index is 12.6. The van der Waals surface area contributed by atoms with E-state index in [9.17, 15) is 9.59 Å². The first-order valence-electron chi connectivity index (χ1n) is 8.62. The Kier molecular flexibility index (Phi) is 2.90. The fourth-order valence-corrected chi connectivity index (χ4v) is 3.79. The molecule has 4 heterocycles. The van der Waals surface area contributed by atoms with Gasteiger partial charge in [-0.1, -0.05) is 5.16 Å². The Bertz CT molecular complexity index is 859. The number of amides is 2. The van der Waals surface area contributed by atoms with Crippen LogP contribution in [0.15, 0.2) is 23.0 Å². The molecule has 1 saturated carbocycles. The van der Waals surface area contributed by atoms with Crippen molar-refractivity contribution in [3.63, 3.8) is 0 Å². The van der Waals surface area contributed by atoms with Crippen molar-refractivity contribution in [2.45, 2.75) is 30.7 Å². The zero-order valence-electron chi connectivity index (χ0n) is 14.0. The molecule has 5 rings (SSSR count). The molecule has 3 aliphatic rings. The van der Waals surface area contributed by atoms with Crippen molar-refractivity contribution in [3.8, 4) is 0 Å². The summed E-state index contributed by atoms with van der Waals surface area (Å²) >= 11 is 0. The van der Waals surface area contributed by atoms with Gasteiger partial charge in [-0.15, -0.1) is 0 Å². The summed E-state index contributed by atoms with van der Waals surface area (Å²) in [5.41, 5.74) is 0.754. The summed E-state index contributed by atoms with van der Waals surface area (Å²) in [6.07, 6.45) is 6.46. The highest BCUT2D eigenvalue weighted by Crippen LogP contribution is 2.42. The van der Waals surface area contributed by atoms with Gasteiger partial charge in [0.25, 0.3) is 11.8 Å². The summed E-state index contributed by atoms with van der Waals surface area (Å²) in [6.45, 7) is 1.85. The third kappa shape index (κ3) is 2.20. The van der Waals surface area contributed by atoms with Crippen LogP contribution >= 0.6 is 0 Å². The molecular formula is C17H19N5O3. The molecule has 3 fully saturated rings. The molecule has 8 nitrogen and oxygen atoms in total. The Morgan fingerprint density at radius 1 is 1.28 bits per heavy atom. The number of carbonyl (C=O) groups excluding carboxylic acids is 2. The fourth-order valence-electron chi connectivity index (χ4n) is 3.79. The van der Waals surface area contributed by atoms with E-state index in [2.05, 4.69) is 10.3 Å². The van der Waals surface area contributed by atoms with Gasteiger partial charge in [0.05, 0.1) is 17.3 Å². The molecule has 25 heavy (non-hydrogen) atoms. The van der Waals surface area contributed by atoms with Crippen molar-refractivity contribution < 1.29 is 14.1 Å². The molecule has 2 saturated heterocycles. The largest absolute Gasteiger partial charge is 0.360 e. The van der Waals surface area contributed by atoms with E-state index in [1.807, 2.05) is 4.90 Å². The first-order chi connectivity index (χ1) is 12.1. The molecule has 2 amide bonds. The van der Waals surface area contributed by atoms with Crippen molar-refractivity contribution in [2.24, 2.45) is 7.05 Å². The highest BCUT2D eigenvalue weighted by Gasteiger charge is 2.57. The number of carbonyl (C=O) groups is 2. The van der Waals surface area contributed by atoms with Crippen molar-refractivity contribution in [1.82, 2.24) is 24.7 Å². The lowest BCUT2D eigenvalue weighted by Gasteiger charge is -2.62. The van der Waals surface area contributed by atoms with Crippen LogP contribution in [-0.2, 0) is 7.05 Å². The summed E-state index contributed by atoms with van der Waals surface area (Å²) in [5, 5.41) is 7.98. The minimum Gasteiger partial charge on any atom is -0.360 e. The predicted octanol–water partition coefficient (Wildman–Crippen LogP) is 1.03. The molecule has 0 atom stereocenters. The Hall–Kier alpha value is -2.64. The molecule has 0 radical (unpaired) electrons. The zero-order chi connectivity index (χ0) is 17.2. The molecule has 1 spiro atoms. The van der Waals surface area contributed by atoms with E-state index in [0.29, 0.717) is 30.3 Å². The maximum Gasteiger partial charge on any atom is 0.276 e. The van der Waals surface area contributed by atoms with Gasteiger partial charge < -0.3 is 14.3 Å². The van der Waals surface area contributed by atoms with E-state index >= 15 is 0 Å². The summed E-state index contributed by atoms with van der Waals surface area (Å²) < 4.78 is 6.89. The van der Waals surface area contributed by atoms with Crippen molar-refractivity contribution in [3.05, 3.63) is 35.5 Å². The lowest BCUT2D eigenvalue weighted by Crippen LogP contribution is -2.78. The van der Waals surface area contributed by atoms with Crippen LogP contribution in [0.2, 0.25) is 0 Å². The molecule has 2 aliphatic heterocycles. The van der Waals surface area contributed by atoms with Crippen LogP contribution < -0.4 is 0 Å². The first-order valence-corrected chi connectivity index (χ1v) is 8.62. The van der Waals surface area contributed by atoms with E-state index in [-0.39, 0.29) is 17.4 Å². The Labute approximate surface area is 144 Å². The highest BCUT2D eigenvalue weighted by molar-refractivity contribution is 5.96. The smallest absolute Gasteiger partial charge is 0.276 e. The molecule has 8 heteroatoms. The molecular weight excluding hydrogens is 322 g/mol. The molecule has 130 valence electrons. The summed E-state index contributed by atoms with van der Waals surface area (Å²) in [6, 6.07) is 1.77. The van der Waals surface area contributed by atoms with E-state index in [0.717, 1.165) is 31.6 Å². The van der Waals surface area contributed by atoms with Crippen LogP contribution in [0.1, 0.15) is 51.8 Å². The lowest BCUT2D eigenvalue weighted by atomic mass is 9.77. The van der Waals surface area contributed by atoms with Gasteiger partial charge in [-0.3, -0.25) is 14.3 Å². The summed E-state index contributed by atoms with van der Waals surface area (Å²) in [5.74, 6) is 1.14. The predicted molar refractivity (Wildman–Crippen MR) is 86.0 cm³/mol. The second-order valence-electron chi connectivity index (χ2n) is 7.38.